The van der Waals surface area contributed by atoms with Gasteiger partial charge in [-0.15, -0.1) is 0 Å². The fraction of sp³-hybridized carbons (Fsp3) is 0.429. The number of nitrogens with one attached hydrogen (secondary N) is 1. The second kappa shape index (κ2) is 6.85. The minimum Gasteiger partial charge on any atom is -0.380 e. The Hall–Kier alpha value is -2.60. The number of para-hydroxylation sites is 1. The molecule has 0 bridgehead atoms. The van der Waals surface area contributed by atoms with Gasteiger partial charge in [-0.25, -0.2) is 0 Å². The molecule has 2 aromatic heterocycles. The summed E-state index contributed by atoms with van der Waals surface area (Å²) in [6.45, 7) is 7.08. The smallest absolute Gasteiger partial charge is 0.277 e. The van der Waals surface area contributed by atoms with Gasteiger partial charge in [0.25, 0.3) is 5.91 Å². The number of H-pyrrole nitrogens is 1. The van der Waals surface area contributed by atoms with E-state index in [1.807, 2.05) is 17.9 Å². The summed E-state index contributed by atoms with van der Waals surface area (Å²) in [6.07, 6.45) is 0.824. The third-order valence-corrected chi connectivity index (χ3v) is 5.45. The highest BCUT2D eigenvalue weighted by atomic mass is 16.5. The van der Waals surface area contributed by atoms with Crippen LogP contribution in [0.25, 0.3) is 10.9 Å². The molecule has 0 fully saturated rings. The summed E-state index contributed by atoms with van der Waals surface area (Å²) in [6, 6.07) is 8.31. The van der Waals surface area contributed by atoms with Crippen LogP contribution in [0.1, 0.15) is 53.0 Å². The van der Waals surface area contributed by atoms with Crippen LogP contribution in [0.2, 0.25) is 0 Å². The molecular formula is C21H25N3O3. The molecule has 4 rings (SSSR count). The monoisotopic (exact) mass is 367 g/mol. The van der Waals surface area contributed by atoms with E-state index in [0.717, 1.165) is 23.2 Å². The average Bonchev–Trinajstić information content (AvgIpc) is 3.21. The zero-order chi connectivity index (χ0) is 19.1. The lowest BCUT2D eigenvalue weighted by Gasteiger charge is -2.38. The summed E-state index contributed by atoms with van der Waals surface area (Å²) in [5.41, 5.74) is 4.67. The van der Waals surface area contributed by atoms with Gasteiger partial charge < -0.3 is 19.1 Å². The van der Waals surface area contributed by atoms with Crippen LogP contribution in [0.5, 0.6) is 0 Å². The number of rotatable bonds is 4. The molecule has 27 heavy (non-hydrogen) atoms. The first-order valence-electron chi connectivity index (χ1n) is 9.37. The summed E-state index contributed by atoms with van der Waals surface area (Å²) in [4.78, 5) is 18.9. The van der Waals surface area contributed by atoms with Crippen LogP contribution in [-0.4, -0.2) is 34.6 Å². The van der Waals surface area contributed by atoms with Gasteiger partial charge in [0.1, 0.15) is 5.76 Å². The molecule has 1 aliphatic rings. The number of methoxy groups -OCH3 is 1. The molecule has 0 aliphatic carbocycles. The van der Waals surface area contributed by atoms with Crippen molar-refractivity contribution in [3.8, 4) is 0 Å². The van der Waals surface area contributed by atoms with E-state index in [0.29, 0.717) is 24.6 Å². The van der Waals surface area contributed by atoms with Gasteiger partial charge in [0.15, 0.2) is 5.69 Å². The predicted octanol–water partition coefficient (Wildman–Crippen LogP) is 4.01. The van der Waals surface area contributed by atoms with Crippen molar-refractivity contribution in [1.29, 1.82) is 0 Å². The highest BCUT2D eigenvalue weighted by Crippen LogP contribution is 2.39. The van der Waals surface area contributed by atoms with Gasteiger partial charge in [-0.3, -0.25) is 4.79 Å². The molecule has 1 N–H and O–H groups in total. The highest BCUT2D eigenvalue weighted by molar-refractivity contribution is 5.95. The zero-order valence-corrected chi connectivity index (χ0v) is 16.2. The molecule has 1 amide bonds. The van der Waals surface area contributed by atoms with Crippen LogP contribution in [0.15, 0.2) is 28.8 Å². The lowest BCUT2D eigenvalue weighted by atomic mass is 9.90. The zero-order valence-electron chi connectivity index (χ0n) is 16.2. The van der Waals surface area contributed by atoms with Gasteiger partial charge in [-0.05, 0) is 30.9 Å². The van der Waals surface area contributed by atoms with Gasteiger partial charge in [0, 0.05) is 30.3 Å². The molecule has 6 heteroatoms. The van der Waals surface area contributed by atoms with Gasteiger partial charge in [0.2, 0.25) is 0 Å². The second-order valence-electron chi connectivity index (χ2n) is 7.50. The van der Waals surface area contributed by atoms with Gasteiger partial charge in [-0.1, -0.05) is 37.2 Å². The molecule has 0 saturated heterocycles. The van der Waals surface area contributed by atoms with E-state index in [1.165, 1.54) is 10.9 Å². The summed E-state index contributed by atoms with van der Waals surface area (Å²) in [5, 5.41) is 5.30. The Morgan fingerprint density at radius 2 is 2.19 bits per heavy atom. The Labute approximate surface area is 158 Å². The van der Waals surface area contributed by atoms with E-state index >= 15 is 0 Å². The molecular weight excluding hydrogens is 342 g/mol. The number of fused-ring (bicyclic) bond motifs is 3. The number of ether oxygens (including phenoxy) is 1. The summed E-state index contributed by atoms with van der Waals surface area (Å²) < 4.78 is 10.5. The van der Waals surface area contributed by atoms with Gasteiger partial charge in [0.05, 0.1) is 18.2 Å². The van der Waals surface area contributed by atoms with Crippen LogP contribution in [0.3, 0.4) is 0 Å². The van der Waals surface area contributed by atoms with Crippen molar-refractivity contribution in [2.45, 2.75) is 39.8 Å². The average molecular weight is 367 g/mol. The molecule has 1 atom stereocenters. The Balaban J connectivity index is 1.76. The number of benzene rings is 1. The molecule has 3 heterocycles. The molecule has 0 radical (unpaired) electrons. The normalized spacial score (nSPS) is 16.9. The van der Waals surface area contributed by atoms with E-state index < -0.39 is 0 Å². The van der Waals surface area contributed by atoms with Gasteiger partial charge >= 0.3 is 0 Å². The van der Waals surface area contributed by atoms with Crippen LogP contribution in [-0.2, 0) is 17.8 Å². The lowest BCUT2D eigenvalue weighted by molar-refractivity contribution is 0.0584. The maximum Gasteiger partial charge on any atom is 0.277 e. The summed E-state index contributed by atoms with van der Waals surface area (Å²) in [7, 11) is 1.61. The highest BCUT2D eigenvalue weighted by Gasteiger charge is 2.37. The topological polar surface area (TPSA) is 71.4 Å². The van der Waals surface area contributed by atoms with Crippen molar-refractivity contribution in [3.63, 3.8) is 0 Å². The molecule has 3 aromatic rings. The molecule has 0 spiro atoms. The Morgan fingerprint density at radius 3 is 2.93 bits per heavy atom. The number of aromatic amines is 1. The Kier molecular flexibility index (Phi) is 4.52. The van der Waals surface area contributed by atoms with Crippen LogP contribution in [0.4, 0.5) is 0 Å². The standard InChI is InChI=1S/C21H25N3O3/c1-12(2)20-18-15(14-7-5-6-8-17(14)22-18)9-10-24(20)21(25)19-16(11-26-4)13(3)27-23-19/h5-8,12,20,22H,9-11H2,1-4H3/t20-/m1/s1. The van der Waals surface area contributed by atoms with E-state index in [9.17, 15) is 4.79 Å². The third-order valence-electron chi connectivity index (χ3n) is 5.45. The maximum absolute atomic E-state index is 13.4. The predicted molar refractivity (Wildman–Crippen MR) is 103 cm³/mol. The van der Waals surface area contributed by atoms with Crippen LogP contribution >= 0.6 is 0 Å². The number of hydrogen-bond acceptors (Lipinski definition) is 4. The summed E-state index contributed by atoms with van der Waals surface area (Å²) in [5.74, 6) is 0.798. The maximum atomic E-state index is 13.4. The van der Waals surface area contributed by atoms with E-state index in [-0.39, 0.29) is 17.9 Å². The van der Waals surface area contributed by atoms with E-state index in [4.69, 9.17) is 9.26 Å². The number of hydrogen-bond donors (Lipinski definition) is 1. The Bertz CT molecular complexity index is 986. The SMILES string of the molecule is COCc1c(C(=O)N2CCc3c([nH]c4ccccc34)[C@H]2C(C)C)noc1C. The lowest BCUT2D eigenvalue weighted by Crippen LogP contribution is -2.42. The first kappa shape index (κ1) is 17.8. The Morgan fingerprint density at radius 1 is 1.41 bits per heavy atom. The van der Waals surface area contributed by atoms with Crippen molar-refractivity contribution >= 4 is 16.8 Å². The first-order chi connectivity index (χ1) is 13.0. The number of aryl methyl sites for hydroxylation is 1. The number of aromatic nitrogens is 2. The summed E-state index contributed by atoms with van der Waals surface area (Å²) >= 11 is 0. The quantitative estimate of drug-likeness (QED) is 0.756. The fourth-order valence-corrected chi connectivity index (χ4v) is 4.20. The minimum absolute atomic E-state index is 0.0268. The van der Waals surface area contributed by atoms with Crippen molar-refractivity contribution < 1.29 is 14.1 Å². The van der Waals surface area contributed by atoms with Gasteiger partial charge in [-0.2, -0.15) is 0 Å². The third kappa shape index (κ3) is 2.84. The molecule has 0 unspecified atom stereocenters. The first-order valence-corrected chi connectivity index (χ1v) is 9.37. The largest absolute Gasteiger partial charge is 0.380 e. The van der Waals surface area contributed by atoms with Crippen molar-refractivity contribution in [3.05, 3.63) is 52.5 Å². The second-order valence-corrected chi connectivity index (χ2v) is 7.50. The molecule has 142 valence electrons. The fourth-order valence-electron chi connectivity index (χ4n) is 4.20. The number of carbonyl (C=O) groups is 1. The minimum atomic E-state index is -0.0955. The van der Waals surface area contributed by atoms with Crippen molar-refractivity contribution in [2.24, 2.45) is 5.92 Å². The number of carbonyl (C=O) groups excluding carboxylic acids is 1. The number of nitrogens with zero attached hydrogens (tertiary/aromatic N) is 2. The van der Waals surface area contributed by atoms with Crippen molar-refractivity contribution in [1.82, 2.24) is 15.0 Å². The molecule has 1 aliphatic heterocycles. The van der Waals surface area contributed by atoms with Crippen LogP contribution in [0, 0.1) is 12.8 Å². The van der Waals surface area contributed by atoms with E-state index in [2.05, 4.69) is 42.2 Å². The molecule has 6 nitrogen and oxygen atoms in total. The van der Waals surface area contributed by atoms with Crippen LogP contribution < -0.4 is 0 Å². The molecule has 0 saturated carbocycles. The van der Waals surface area contributed by atoms with Crippen molar-refractivity contribution in [2.75, 3.05) is 13.7 Å². The number of amides is 1. The van der Waals surface area contributed by atoms with E-state index in [1.54, 1.807) is 7.11 Å². The molecule has 1 aromatic carbocycles.